The Morgan fingerprint density at radius 3 is 2.00 bits per heavy atom. The maximum absolute atomic E-state index is 13.1. The summed E-state index contributed by atoms with van der Waals surface area (Å²) in [6, 6.07) is 3.64. The normalized spacial score (nSPS) is 23.7. The SMILES string of the molecule is COc1ccc2c(n1)n(C[C@H]1CC[C@H](C(=O)N3CCN(C(=O)C4CC4)CC3)CC1)c(=O)n2C. The van der Waals surface area contributed by atoms with Crippen LogP contribution in [0.3, 0.4) is 0 Å². The van der Waals surface area contributed by atoms with Crippen molar-refractivity contribution in [3.63, 3.8) is 0 Å². The Morgan fingerprint density at radius 2 is 1.48 bits per heavy atom. The van der Waals surface area contributed by atoms with E-state index in [-0.39, 0.29) is 29.3 Å². The summed E-state index contributed by atoms with van der Waals surface area (Å²) in [6.45, 7) is 3.24. The molecule has 9 heteroatoms. The van der Waals surface area contributed by atoms with E-state index in [2.05, 4.69) is 4.98 Å². The third kappa shape index (κ3) is 4.25. The number of hydrogen-bond donors (Lipinski definition) is 0. The molecule has 2 saturated carbocycles. The lowest BCUT2D eigenvalue weighted by Crippen LogP contribution is -2.52. The molecule has 2 aromatic rings. The van der Waals surface area contributed by atoms with Crippen LogP contribution in [0, 0.1) is 17.8 Å². The Hall–Kier alpha value is -2.84. The maximum Gasteiger partial charge on any atom is 0.330 e. The second-order valence-corrected chi connectivity index (χ2v) is 9.79. The number of rotatable bonds is 5. The van der Waals surface area contributed by atoms with Crippen LogP contribution >= 0.6 is 0 Å². The summed E-state index contributed by atoms with van der Waals surface area (Å²) in [7, 11) is 3.34. The quantitative estimate of drug-likeness (QED) is 0.684. The van der Waals surface area contributed by atoms with Crippen LogP contribution in [0.4, 0.5) is 0 Å². The molecule has 0 atom stereocenters. The van der Waals surface area contributed by atoms with Crippen LogP contribution in [-0.4, -0.2) is 69.0 Å². The number of ether oxygens (including phenoxy) is 1. The van der Waals surface area contributed by atoms with Crippen molar-refractivity contribution < 1.29 is 14.3 Å². The minimum absolute atomic E-state index is 0.0504. The summed E-state index contributed by atoms with van der Waals surface area (Å²) < 4.78 is 8.63. The molecule has 3 aliphatic rings. The van der Waals surface area contributed by atoms with Crippen LogP contribution in [0.5, 0.6) is 5.88 Å². The molecule has 2 amide bonds. The van der Waals surface area contributed by atoms with Gasteiger partial charge in [-0.3, -0.25) is 18.7 Å². The molecule has 0 spiro atoms. The van der Waals surface area contributed by atoms with Crippen LogP contribution in [0.2, 0.25) is 0 Å². The molecule has 3 heterocycles. The molecular formula is C24H33N5O4. The highest BCUT2D eigenvalue weighted by Gasteiger charge is 2.36. The van der Waals surface area contributed by atoms with E-state index < -0.39 is 0 Å². The van der Waals surface area contributed by atoms with Gasteiger partial charge in [-0.1, -0.05) is 0 Å². The third-order valence-corrected chi connectivity index (χ3v) is 7.64. The molecule has 2 aliphatic carbocycles. The first-order valence-electron chi connectivity index (χ1n) is 12.1. The predicted octanol–water partition coefficient (Wildman–Crippen LogP) is 1.63. The number of pyridine rings is 1. The fourth-order valence-corrected chi connectivity index (χ4v) is 5.38. The number of nitrogens with zero attached hydrogens (tertiary/aromatic N) is 5. The second kappa shape index (κ2) is 8.83. The first-order chi connectivity index (χ1) is 16.0. The number of piperazine rings is 1. The Kier molecular flexibility index (Phi) is 5.88. The summed E-state index contributed by atoms with van der Waals surface area (Å²) in [5.74, 6) is 1.65. The van der Waals surface area contributed by atoms with Gasteiger partial charge in [0.15, 0.2) is 5.65 Å². The number of aromatic nitrogens is 3. The van der Waals surface area contributed by atoms with Crippen LogP contribution in [0.15, 0.2) is 16.9 Å². The van der Waals surface area contributed by atoms with Gasteiger partial charge in [0, 0.05) is 57.7 Å². The molecule has 0 aromatic carbocycles. The van der Waals surface area contributed by atoms with Gasteiger partial charge in [0.25, 0.3) is 0 Å². The van der Waals surface area contributed by atoms with Crippen LogP contribution in [0.1, 0.15) is 38.5 Å². The minimum atomic E-state index is -0.0671. The lowest BCUT2D eigenvalue weighted by atomic mass is 9.81. The van der Waals surface area contributed by atoms with E-state index in [0.29, 0.717) is 50.2 Å². The molecule has 178 valence electrons. The van der Waals surface area contributed by atoms with E-state index >= 15 is 0 Å². The minimum Gasteiger partial charge on any atom is -0.481 e. The van der Waals surface area contributed by atoms with Gasteiger partial charge in [0.2, 0.25) is 17.7 Å². The lowest BCUT2D eigenvalue weighted by Gasteiger charge is -2.38. The van der Waals surface area contributed by atoms with Crippen LogP contribution < -0.4 is 10.4 Å². The van der Waals surface area contributed by atoms with E-state index in [9.17, 15) is 14.4 Å². The number of hydrogen-bond acceptors (Lipinski definition) is 5. The molecular weight excluding hydrogens is 422 g/mol. The average Bonchev–Trinajstić information content (AvgIpc) is 3.68. The van der Waals surface area contributed by atoms with Crippen molar-refractivity contribution in [1.29, 1.82) is 0 Å². The molecule has 0 N–H and O–H groups in total. The van der Waals surface area contributed by atoms with Gasteiger partial charge >= 0.3 is 5.69 Å². The predicted molar refractivity (Wildman–Crippen MR) is 123 cm³/mol. The monoisotopic (exact) mass is 455 g/mol. The zero-order chi connectivity index (χ0) is 23.1. The third-order valence-electron chi connectivity index (χ3n) is 7.64. The molecule has 33 heavy (non-hydrogen) atoms. The number of fused-ring (bicyclic) bond motifs is 1. The van der Waals surface area contributed by atoms with E-state index in [0.717, 1.165) is 44.0 Å². The smallest absolute Gasteiger partial charge is 0.330 e. The van der Waals surface area contributed by atoms with E-state index in [1.165, 1.54) is 0 Å². The number of carbonyl (C=O) groups is 2. The van der Waals surface area contributed by atoms with Crippen molar-refractivity contribution >= 4 is 23.0 Å². The molecule has 3 fully saturated rings. The van der Waals surface area contributed by atoms with Gasteiger partial charge < -0.3 is 14.5 Å². The second-order valence-electron chi connectivity index (χ2n) is 9.79. The lowest BCUT2D eigenvalue weighted by molar-refractivity contribution is -0.143. The highest BCUT2D eigenvalue weighted by Crippen LogP contribution is 2.33. The fraction of sp³-hybridized carbons (Fsp3) is 0.667. The van der Waals surface area contributed by atoms with Crippen molar-refractivity contribution in [2.24, 2.45) is 24.8 Å². The highest BCUT2D eigenvalue weighted by molar-refractivity contribution is 5.82. The van der Waals surface area contributed by atoms with Gasteiger partial charge in [-0.15, -0.1) is 0 Å². The molecule has 0 bridgehead atoms. The molecule has 1 saturated heterocycles. The van der Waals surface area contributed by atoms with Gasteiger partial charge in [0.1, 0.15) is 0 Å². The largest absolute Gasteiger partial charge is 0.481 e. The van der Waals surface area contributed by atoms with Gasteiger partial charge in [-0.2, -0.15) is 4.98 Å². The molecule has 5 rings (SSSR count). The van der Waals surface area contributed by atoms with Crippen molar-refractivity contribution in [2.75, 3.05) is 33.3 Å². The zero-order valence-electron chi connectivity index (χ0n) is 19.5. The number of aryl methyl sites for hydroxylation is 1. The standard InChI is InChI=1S/C24H33N5O4/c1-26-19-9-10-20(33-2)25-21(19)29(24(26)32)15-16-3-5-17(6-4-16)22(30)27-11-13-28(14-12-27)23(31)18-7-8-18/h9-10,16-18H,3-8,11-15H2,1-2H3/t16-,17-. The molecule has 2 aromatic heterocycles. The molecule has 9 nitrogen and oxygen atoms in total. The Morgan fingerprint density at radius 1 is 0.939 bits per heavy atom. The number of methoxy groups -OCH3 is 1. The Bertz CT molecular complexity index is 1100. The first kappa shape index (κ1) is 22.0. The summed E-state index contributed by atoms with van der Waals surface area (Å²) in [6.07, 6.45) is 5.58. The Labute approximate surface area is 193 Å². The maximum atomic E-state index is 13.1. The van der Waals surface area contributed by atoms with Crippen molar-refractivity contribution in [2.45, 2.75) is 45.1 Å². The fourth-order valence-electron chi connectivity index (χ4n) is 5.38. The molecule has 0 unspecified atom stereocenters. The first-order valence-corrected chi connectivity index (χ1v) is 12.1. The van der Waals surface area contributed by atoms with Crippen LogP contribution in [0.25, 0.3) is 11.2 Å². The van der Waals surface area contributed by atoms with Crippen molar-refractivity contribution in [3.05, 3.63) is 22.6 Å². The number of imidazole rings is 1. The summed E-state index contributed by atoms with van der Waals surface area (Å²) in [5, 5.41) is 0. The van der Waals surface area contributed by atoms with Gasteiger partial charge in [-0.05, 0) is 50.5 Å². The van der Waals surface area contributed by atoms with Crippen molar-refractivity contribution in [3.8, 4) is 5.88 Å². The zero-order valence-corrected chi connectivity index (χ0v) is 19.5. The number of carbonyl (C=O) groups excluding carboxylic acids is 2. The summed E-state index contributed by atoms with van der Waals surface area (Å²) >= 11 is 0. The number of amides is 2. The van der Waals surface area contributed by atoms with E-state index in [1.54, 1.807) is 29.4 Å². The molecule has 0 radical (unpaired) electrons. The highest BCUT2D eigenvalue weighted by atomic mass is 16.5. The van der Waals surface area contributed by atoms with Gasteiger partial charge in [-0.25, -0.2) is 4.79 Å². The van der Waals surface area contributed by atoms with Gasteiger partial charge in [0.05, 0.1) is 12.6 Å². The van der Waals surface area contributed by atoms with Crippen molar-refractivity contribution in [1.82, 2.24) is 23.9 Å². The topological polar surface area (TPSA) is 89.7 Å². The average molecular weight is 456 g/mol. The van der Waals surface area contributed by atoms with E-state index in [1.807, 2.05) is 15.9 Å². The van der Waals surface area contributed by atoms with Crippen LogP contribution in [-0.2, 0) is 23.2 Å². The van der Waals surface area contributed by atoms with E-state index in [4.69, 9.17) is 4.74 Å². The molecule has 1 aliphatic heterocycles. The summed E-state index contributed by atoms with van der Waals surface area (Å²) in [5.41, 5.74) is 1.38. The Balaban J connectivity index is 1.17. The summed E-state index contributed by atoms with van der Waals surface area (Å²) in [4.78, 5) is 46.5.